The van der Waals surface area contributed by atoms with Gasteiger partial charge >= 0.3 is 27.7 Å². The number of hydrogen-bond acceptors (Lipinski definition) is 6. The number of carboxylic acids is 1. The largest absolute Gasteiger partial charge is 0.511 e. The lowest BCUT2D eigenvalue weighted by atomic mass is 9.93. The van der Waals surface area contributed by atoms with Crippen molar-refractivity contribution in [1.82, 2.24) is 14.6 Å². The number of aromatic nitrogens is 1. The summed E-state index contributed by atoms with van der Waals surface area (Å²) < 4.78 is 98.6. The lowest BCUT2D eigenvalue weighted by Gasteiger charge is -2.20. The maximum Gasteiger partial charge on any atom is 0.511 e. The SMILES string of the molecule is O=C(NC[C@H]1CO[C@@H]2CN(S(=O)(=O)C(F)(F)F)C[C@H]12)c1cccnc1.O=C(O)C(F)(F)F. The number of nitrogens with one attached hydrogen (secondary N) is 1. The van der Waals surface area contributed by atoms with Crippen LogP contribution >= 0.6 is 0 Å². The lowest BCUT2D eigenvalue weighted by Crippen LogP contribution is -2.41. The third-order valence-electron chi connectivity index (χ3n) is 4.73. The fourth-order valence-corrected chi connectivity index (χ4v) is 4.14. The monoisotopic (exact) mass is 493 g/mol. The van der Waals surface area contributed by atoms with Gasteiger partial charge in [0.05, 0.1) is 18.3 Å². The molecule has 0 bridgehead atoms. The van der Waals surface area contributed by atoms with Crippen molar-refractivity contribution < 1.29 is 54.2 Å². The summed E-state index contributed by atoms with van der Waals surface area (Å²) in [5.74, 6) is -3.74. The van der Waals surface area contributed by atoms with E-state index in [9.17, 15) is 39.6 Å². The van der Waals surface area contributed by atoms with Crippen LogP contribution in [0.1, 0.15) is 10.4 Å². The number of hydrogen-bond donors (Lipinski definition) is 2. The molecule has 2 aliphatic rings. The summed E-state index contributed by atoms with van der Waals surface area (Å²) >= 11 is 0. The van der Waals surface area contributed by atoms with Gasteiger partial charge in [-0.15, -0.1) is 0 Å². The highest BCUT2D eigenvalue weighted by atomic mass is 32.2. The molecule has 3 rings (SSSR count). The molecule has 0 spiro atoms. The Hall–Kier alpha value is -2.46. The molecule has 0 saturated carbocycles. The van der Waals surface area contributed by atoms with Gasteiger partial charge in [0.15, 0.2) is 0 Å². The van der Waals surface area contributed by atoms with Gasteiger partial charge in [0, 0.05) is 43.9 Å². The Morgan fingerprint density at radius 3 is 2.34 bits per heavy atom. The van der Waals surface area contributed by atoms with E-state index in [1.54, 1.807) is 12.1 Å². The summed E-state index contributed by atoms with van der Waals surface area (Å²) in [4.78, 5) is 24.7. The van der Waals surface area contributed by atoms with Crippen molar-refractivity contribution in [3.8, 4) is 0 Å². The first-order chi connectivity index (χ1) is 14.6. The van der Waals surface area contributed by atoms with Crippen LogP contribution in [0, 0.1) is 11.8 Å². The number of rotatable bonds is 4. The fourth-order valence-electron chi connectivity index (χ4n) is 3.14. The molecule has 16 heteroatoms. The zero-order chi connectivity index (χ0) is 24.3. The van der Waals surface area contributed by atoms with Crippen LogP contribution in [-0.4, -0.2) is 78.7 Å². The van der Waals surface area contributed by atoms with Gasteiger partial charge in [0.25, 0.3) is 5.91 Å². The molecule has 2 fully saturated rings. The molecule has 1 aromatic heterocycles. The normalized spacial score (nSPS) is 23.8. The van der Waals surface area contributed by atoms with Gasteiger partial charge in [-0.2, -0.15) is 30.6 Å². The number of pyridine rings is 1. The van der Waals surface area contributed by atoms with Crippen LogP contribution in [0.5, 0.6) is 0 Å². The van der Waals surface area contributed by atoms with Crippen molar-refractivity contribution in [2.24, 2.45) is 11.8 Å². The number of carboxylic acid groups (broad SMARTS) is 1. The van der Waals surface area contributed by atoms with Crippen LogP contribution in [-0.2, 0) is 19.6 Å². The van der Waals surface area contributed by atoms with Gasteiger partial charge < -0.3 is 15.2 Å². The van der Waals surface area contributed by atoms with Crippen LogP contribution in [0.2, 0.25) is 0 Å². The van der Waals surface area contributed by atoms with Crippen molar-refractivity contribution in [2.75, 3.05) is 26.2 Å². The van der Waals surface area contributed by atoms with Crippen molar-refractivity contribution >= 4 is 21.9 Å². The number of aliphatic carboxylic acids is 1. The smallest absolute Gasteiger partial charge is 0.475 e. The molecule has 2 saturated heterocycles. The Bertz CT molecular complexity index is 924. The highest BCUT2D eigenvalue weighted by Gasteiger charge is 2.55. The third kappa shape index (κ3) is 6.07. The molecule has 32 heavy (non-hydrogen) atoms. The van der Waals surface area contributed by atoms with E-state index in [-0.39, 0.29) is 44.0 Å². The second-order valence-corrected chi connectivity index (χ2v) is 8.75. The van der Waals surface area contributed by atoms with E-state index in [0.29, 0.717) is 9.87 Å². The maximum atomic E-state index is 12.7. The maximum absolute atomic E-state index is 12.7. The lowest BCUT2D eigenvalue weighted by molar-refractivity contribution is -0.192. The summed E-state index contributed by atoms with van der Waals surface area (Å²) in [6.07, 6.45) is -2.74. The molecular formula is C16H17F6N3O6S. The first kappa shape index (κ1) is 25.8. The van der Waals surface area contributed by atoms with E-state index in [4.69, 9.17) is 14.6 Å². The molecule has 2 N–H and O–H groups in total. The standard InChI is InChI=1S/C14H16F3N3O4S.C2HF3O2/c15-14(16,17)25(22,23)20-6-11-10(8-24-12(11)7-20)5-19-13(21)9-2-1-3-18-4-9;3-2(4,5)1(6)7/h1-4,10-12H,5-8H2,(H,19,21);(H,6,7)/t10-,11+,12+;/m0./s1. The number of nitrogens with zero attached hydrogens (tertiary/aromatic N) is 2. The summed E-state index contributed by atoms with van der Waals surface area (Å²) in [7, 11) is -5.36. The summed E-state index contributed by atoms with van der Waals surface area (Å²) in [6.45, 7) is -0.128. The van der Waals surface area contributed by atoms with E-state index < -0.39 is 33.8 Å². The van der Waals surface area contributed by atoms with Crippen LogP contribution in [0.4, 0.5) is 26.3 Å². The van der Waals surface area contributed by atoms with E-state index in [1.165, 1.54) is 12.4 Å². The zero-order valence-corrected chi connectivity index (χ0v) is 16.7. The van der Waals surface area contributed by atoms with Crippen molar-refractivity contribution in [2.45, 2.75) is 17.8 Å². The predicted octanol–water partition coefficient (Wildman–Crippen LogP) is 1.24. The molecule has 0 aromatic carbocycles. The number of carbonyl (C=O) groups excluding carboxylic acids is 1. The van der Waals surface area contributed by atoms with Crippen LogP contribution < -0.4 is 5.32 Å². The Kier molecular flexibility index (Phi) is 7.72. The number of fused-ring (bicyclic) bond motifs is 1. The molecule has 3 atom stereocenters. The third-order valence-corrected chi connectivity index (χ3v) is 6.29. The Balaban J connectivity index is 0.000000451. The minimum atomic E-state index is -5.36. The summed E-state index contributed by atoms with van der Waals surface area (Å²) in [5, 5.41) is 9.81. The van der Waals surface area contributed by atoms with E-state index in [0.717, 1.165) is 0 Å². The molecule has 0 unspecified atom stereocenters. The first-order valence-electron chi connectivity index (χ1n) is 8.81. The predicted molar refractivity (Wildman–Crippen MR) is 93.5 cm³/mol. The topological polar surface area (TPSA) is 126 Å². The number of carbonyl (C=O) groups is 2. The van der Waals surface area contributed by atoms with Gasteiger partial charge in [-0.3, -0.25) is 9.78 Å². The molecule has 9 nitrogen and oxygen atoms in total. The van der Waals surface area contributed by atoms with Gasteiger partial charge in [-0.1, -0.05) is 0 Å². The van der Waals surface area contributed by atoms with Crippen molar-refractivity contribution in [1.29, 1.82) is 0 Å². The molecule has 1 aromatic rings. The molecule has 180 valence electrons. The summed E-state index contributed by atoms with van der Waals surface area (Å²) in [5.41, 5.74) is -4.96. The van der Waals surface area contributed by atoms with Crippen molar-refractivity contribution in [3.05, 3.63) is 30.1 Å². The second kappa shape index (κ2) is 9.58. The number of sulfonamides is 1. The highest BCUT2D eigenvalue weighted by molar-refractivity contribution is 7.90. The van der Waals surface area contributed by atoms with E-state index >= 15 is 0 Å². The number of alkyl halides is 6. The van der Waals surface area contributed by atoms with Gasteiger partial charge in [-0.25, -0.2) is 13.2 Å². The van der Waals surface area contributed by atoms with Gasteiger partial charge in [0.1, 0.15) is 0 Å². The van der Waals surface area contributed by atoms with Gasteiger partial charge in [-0.05, 0) is 12.1 Å². The Morgan fingerprint density at radius 2 is 1.84 bits per heavy atom. The first-order valence-corrected chi connectivity index (χ1v) is 10.2. The number of halogens is 6. The number of ether oxygens (including phenoxy) is 1. The summed E-state index contributed by atoms with van der Waals surface area (Å²) in [6, 6.07) is 3.20. The molecule has 3 heterocycles. The second-order valence-electron chi connectivity index (χ2n) is 6.82. The Morgan fingerprint density at radius 1 is 1.22 bits per heavy atom. The molecule has 1 amide bonds. The van der Waals surface area contributed by atoms with E-state index in [2.05, 4.69) is 10.3 Å². The number of amides is 1. The minimum absolute atomic E-state index is 0.189. The minimum Gasteiger partial charge on any atom is -0.475 e. The van der Waals surface area contributed by atoms with Crippen LogP contribution in [0.25, 0.3) is 0 Å². The average molecular weight is 493 g/mol. The molecule has 0 aliphatic carbocycles. The van der Waals surface area contributed by atoms with Crippen molar-refractivity contribution in [3.63, 3.8) is 0 Å². The van der Waals surface area contributed by atoms with Gasteiger partial charge in [0.2, 0.25) is 0 Å². The fraction of sp³-hybridized carbons (Fsp3) is 0.562. The Labute approximate surface area is 177 Å². The van der Waals surface area contributed by atoms with Crippen LogP contribution in [0.15, 0.2) is 24.5 Å². The molecular weight excluding hydrogens is 476 g/mol. The molecule has 0 radical (unpaired) electrons. The average Bonchev–Trinajstić information content (AvgIpc) is 3.27. The van der Waals surface area contributed by atoms with E-state index in [1.807, 2.05) is 0 Å². The van der Waals surface area contributed by atoms with Crippen LogP contribution in [0.3, 0.4) is 0 Å². The quantitative estimate of drug-likeness (QED) is 0.605. The zero-order valence-electron chi connectivity index (χ0n) is 15.9. The highest BCUT2D eigenvalue weighted by Crippen LogP contribution is 2.38. The molecule has 2 aliphatic heterocycles.